The van der Waals surface area contributed by atoms with Crippen LogP contribution in [0.5, 0.6) is 17.2 Å². The fraction of sp³-hybridized carbons (Fsp3) is 0.214. The number of rotatable bonds is 4. The van der Waals surface area contributed by atoms with Gasteiger partial charge in [0.15, 0.2) is 11.5 Å². The van der Waals surface area contributed by atoms with Crippen LogP contribution in [-0.2, 0) is 0 Å². The van der Waals surface area contributed by atoms with Crippen LogP contribution in [0.3, 0.4) is 0 Å². The van der Waals surface area contributed by atoms with Crippen molar-refractivity contribution in [1.82, 2.24) is 0 Å². The Morgan fingerprint density at radius 2 is 1.68 bits per heavy atom. The molecule has 2 aromatic rings. The van der Waals surface area contributed by atoms with Crippen LogP contribution in [-0.4, -0.2) is 32.4 Å². The van der Waals surface area contributed by atoms with E-state index in [4.69, 9.17) is 14.2 Å². The van der Waals surface area contributed by atoms with E-state index < -0.39 is 5.97 Å². The van der Waals surface area contributed by atoms with E-state index in [-0.39, 0.29) is 5.56 Å². The van der Waals surface area contributed by atoms with Crippen LogP contribution in [0.2, 0.25) is 0 Å². The standard InChI is InChI=1S/C14H14O5/c1-17-11-7-10-8(12(18-2)13(11)19-3)5-4-6-9(10)14(15)16/h4-7H,1-3H3,(H,15,16). The van der Waals surface area contributed by atoms with Crippen LogP contribution in [0, 0.1) is 0 Å². The van der Waals surface area contributed by atoms with Gasteiger partial charge in [-0.1, -0.05) is 12.1 Å². The summed E-state index contributed by atoms with van der Waals surface area (Å²) in [6.07, 6.45) is 0. The van der Waals surface area contributed by atoms with E-state index in [2.05, 4.69) is 0 Å². The minimum absolute atomic E-state index is 0.191. The fourth-order valence-corrected chi connectivity index (χ4v) is 2.08. The highest BCUT2D eigenvalue weighted by molar-refractivity contribution is 6.07. The summed E-state index contributed by atoms with van der Waals surface area (Å²) in [5.74, 6) is 0.334. The molecule has 0 saturated carbocycles. The van der Waals surface area contributed by atoms with E-state index >= 15 is 0 Å². The van der Waals surface area contributed by atoms with Gasteiger partial charge < -0.3 is 19.3 Å². The second kappa shape index (κ2) is 5.06. The number of carboxylic acid groups (broad SMARTS) is 1. The van der Waals surface area contributed by atoms with Crippen molar-refractivity contribution in [3.8, 4) is 17.2 Å². The molecule has 0 bridgehead atoms. The molecule has 0 radical (unpaired) electrons. The van der Waals surface area contributed by atoms with Gasteiger partial charge in [0.05, 0.1) is 26.9 Å². The van der Waals surface area contributed by atoms with Gasteiger partial charge in [-0.15, -0.1) is 0 Å². The van der Waals surface area contributed by atoms with E-state index in [9.17, 15) is 9.90 Å². The first-order valence-corrected chi connectivity index (χ1v) is 5.59. The molecule has 0 aromatic heterocycles. The number of benzene rings is 2. The number of hydrogen-bond donors (Lipinski definition) is 1. The van der Waals surface area contributed by atoms with Crippen LogP contribution in [0.1, 0.15) is 10.4 Å². The van der Waals surface area contributed by atoms with Crippen molar-refractivity contribution in [3.63, 3.8) is 0 Å². The molecule has 0 fully saturated rings. The molecule has 0 aliphatic rings. The van der Waals surface area contributed by atoms with Gasteiger partial charge in [-0.3, -0.25) is 0 Å². The molecule has 100 valence electrons. The Hall–Kier alpha value is -2.43. The smallest absolute Gasteiger partial charge is 0.336 e. The number of ether oxygens (including phenoxy) is 3. The highest BCUT2D eigenvalue weighted by Crippen LogP contribution is 2.44. The molecule has 0 amide bonds. The number of carboxylic acids is 1. The Balaban J connectivity index is 2.92. The fourth-order valence-electron chi connectivity index (χ4n) is 2.08. The molecule has 0 atom stereocenters. The average molecular weight is 262 g/mol. The molecular formula is C14H14O5. The summed E-state index contributed by atoms with van der Waals surface area (Å²) in [5.41, 5.74) is 0.191. The number of methoxy groups -OCH3 is 3. The lowest BCUT2D eigenvalue weighted by atomic mass is 10.0. The Bertz CT molecular complexity index is 633. The Morgan fingerprint density at radius 1 is 1.00 bits per heavy atom. The van der Waals surface area contributed by atoms with Gasteiger partial charge in [0.25, 0.3) is 0 Å². The minimum Gasteiger partial charge on any atom is -0.493 e. The summed E-state index contributed by atoms with van der Waals surface area (Å²) in [7, 11) is 4.50. The first-order valence-electron chi connectivity index (χ1n) is 5.59. The molecule has 19 heavy (non-hydrogen) atoms. The molecule has 0 unspecified atom stereocenters. The summed E-state index contributed by atoms with van der Waals surface area (Å²) in [6.45, 7) is 0. The first kappa shape index (κ1) is 13.0. The molecule has 5 nitrogen and oxygen atoms in total. The topological polar surface area (TPSA) is 65.0 Å². The zero-order chi connectivity index (χ0) is 14.0. The Morgan fingerprint density at radius 3 is 2.21 bits per heavy atom. The molecular weight excluding hydrogens is 248 g/mol. The molecule has 0 aliphatic heterocycles. The zero-order valence-electron chi connectivity index (χ0n) is 10.9. The minimum atomic E-state index is -1.00. The third kappa shape index (κ3) is 2.03. The van der Waals surface area contributed by atoms with Crippen LogP contribution in [0.25, 0.3) is 10.8 Å². The lowest BCUT2D eigenvalue weighted by molar-refractivity contribution is 0.0699. The van der Waals surface area contributed by atoms with Crippen molar-refractivity contribution in [2.75, 3.05) is 21.3 Å². The van der Waals surface area contributed by atoms with E-state index in [0.717, 1.165) is 0 Å². The summed E-state index contributed by atoms with van der Waals surface area (Å²) in [6, 6.07) is 6.62. The van der Waals surface area contributed by atoms with Gasteiger partial charge in [0.1, 0.15) is 0 Å². The lowest BCUT2D eigenvalue weighted by Crippen LogP contribution is -2.00. The summed E-state index contributed by atoms with van der Waals surface area (Å²) in [4.78, 5) is 11.3. The number of carbonyl (C=O) groups is 1. The van der Waals surface area contributed by atoms with E-state index in [1.165, 1.54) is 27.4 Å². The maximum absolute atomic E-state index is 11.3. The van der Waals surface area contributed by atoms with Crippen molar-refractivity contribution < 1.29 is 24.1 Å². The summed E-state index contributed by atoms with van der Waals surface area (Å²) >= 11 is 0. The largest absolute Gasteiger partial charge is 0.493 e. The average Bonchev–Trinajstić information content (AvgIpc) is 2.43. The molecule has 2 aromatic carbocycles. The van der Waals surface area contributed by atoms with Crippen molar-refractivity contribution in [2.24, 2.45) is 0 Å². The quantitative estimate of drug-likeness (QED) is 0.917. The molecule has 5 heteroatoms. The maximum Gasteiger partial charge on any atom is 0.336 e. The monoisotopic (exact) mass is 262 g/mol. The lowest BCUT2D eigenvalue weighted by Gasteiger charge is -2.15. The van der Waals surface area contributed by atoms with Gasteiger partial charge in [-0.2, -0.15) is 0 Å². The number of hydrogen-bond acceptors (Lipinski definition) is 4. The maximum atomic E-state index is 11.3. The van der Waals surface area contributed by atoms with Crippen LogP contribution < -0.4 is 14.2 Å². The summed E-state index contributed by atoms with van der Waals surface area (Å²) in [5, 5.41) is 10.4. The van der Waals surface area contributed by atoms with Gasteiger partial charge in [-0.05, 0) is 12.1 Å². The molecule has 1 N–H and O–H groups in total. The van der Waals surface area contributed by atoms with Crippen molar-refractivity contribution in [3.05, 3.63) is 29.8 Å². The predicted molar refractivity (Wildman–Crippen MR) is 70.6 cm³/mol. The number of aromatic carboxylic acids is 1. The van der Waals surface area contributed by atoms with Crippen LogP contribution in [0.15, 0.2) is 24.3 Å². The molecule has 2 rings (SSSR count). The summed E-state index contributed by atoms with van der Waals surface area (Å²) < 4.78 is 15.8. The Labute approximate surface area is 110 Å². The highest BCUT2D eigenvalue weighted by atomic mass is 16.5. The van der Waals surface area contributed by atoms with Gasteiger partial charge >= 0.3 is 5.97 Å². The molecule has 0 spiro atoms. The van der Waals surface area contributed by atoms with Gasteiger partial charge in [0.2, 0.25) is 5.75 Å². The van der Waals surface area contributed by atoms with E-state index in [0.29, 0.717) is 28.0 Å². The normalized spacial score (nSPS) is 10.3. The highest BCUT2D eigenvalue weighted by Gasteiger charge is 2.19. The van der Waals surface area contributed by atoms with Crippen LogP contribution >= 0.6 is 0 Å². The Kier molecular flexibility index (Phi) is 3.46. The number of fused-ring (bicyclic) bond motifs is 1. The third-order valence-corrected chi connectivity index (χ3v) is 2.91. The second-order valence-corrected chi connectivity index (χ2v) is 3.85. The van der Waals surface area contributed by atoms with Crippen molar-refractivity contribution in [2.45, 2.75) is 0 Å². The van der Waals surface area contributed by atoms with Gasteiger partial charge in [0, 0.05) is 10.8 Å². The van der Waals surface area contributed by atoms with Crippen molar-refractivity contribution >= 4 is 16.7 Å². The first-order chi connectivity index (χ1) is 9.13. The SMILES string of the molecule is COc1cc2c(C(=O)O)cccc2c(OC)c1OC. The molecule has 0 aliphatic carbocycles. The third-order valence-electron chi connectivity index (χ3n) is 2.91. The zero-order valence-corrected chi connectivity index (χ0v) is 10.9. The van der Waals surface area contributed by atoms with Crippen molar-refractivity contribution in [1.29, 1.82) is 0 Å². The molecule has 0 heterocycles. The van der Waals surface area contributed by atoms with E-state index in [1.54, 1.807) is 18.2 Å². The van der Waals surface area contributed by atoms with Crippen LogP contribution in [0.4, 0.5) is 0 Å². The predicted octanol–water partition coefficient (Wildman–Crippen LogP) is 2.56. The second-order valence-electron chi connectivity index (χ2n) is 3.85. The van der Waals surface area contributed by atoms with Gasteiger partial charge in [-0.25, -0.2) is 4.79 Å². The van der Waals surface area contributed by atoms with E-state index in [1.807, 2.05) is 0 Å². The molecule has 0 saturated heterocycles.